The lowest BCUT2D eigenvalue weighted by molar-refractivity contribution is -0.147. The number of benzene rings is 1. The highest BCUT2D eigenvalue weighted by Crippen LogP contribution is 2.44. The van der Waals surface area contributed by atoms with Gasteiger partial charge in [-0.2, -0.15) is 0 Å². The van der Waals surface area contributed by atoms with E-state index in [-0.39, 0.29) is 47.4 Å². The topological polar surface area (TPSA) is 43.9 Å². The molecule has 6 heteroatoms. The molecule has 1 aliphatic carbocycles. The van der Waals surface area contributed by atoms with Gasteiger partial charge in [0.25, 0.3) is 0 Å². The Labute approximate surface area is 242 Å². The van der Waals surface area contributed by atoms with E-state index < -0.39 is 5.41 Å². The molecule has 4 atom stereocenters. The molecular weight excluding hydrogens is 506 g/mol. The lowest BCUT2D eigenvalue weighted by Gasteiger charge is -2.45. The zero-order valence-corrected chi connectivity index (χ0v) is 26.6. The fraction of sp³-hybridized carbons (Fsp3) is 0.758. The third-order valence-corrected chi connectivity index (χ3v) is 9.85. The Morgan fingerprint density at radius 2 is 1.54 bits per heavy atom. The molecule has 5 nitrogen and oxygen atoms in total. The maximum Gasteiger partial charge on any atom is 0.228 e. The highest BCUT2D eigenvalue weighted by atomic mass is 35.5. The molecule has 1 aromatic rings. The number of rotatable bonds is 4. The highest BCUT2D eigenvalue weighted by Gasteiger charge is 2.49. The standard InChI is InChI=1S/C33H52ClN3O2/c1-22-20-26(37(30(39)31(2,3)4)25-14-17-33(8,9)18-15-25)21-35(22)29(38)27-16-19-36(32(5,6)7)28(27)23-10-12-24(34)13-11-23/h10-13,22,25-28H,14-21H2,1-9H3/t22-,26-,27-,28?/m0/s1. The number of carbonyl (C=O) groups is 2. The van der Waals surface area contributed by atoms with Crippen molar-refractivity contribution >= 4 is 23.4 Å². The van der Waals surface area contributed by atoms with Crippen molar-refractivity contribution in [3.8, 4) is 0 Å². The summed E-state index contributed by atoms with van der Waals surface area (Å²) in [6.45, 7) is 21.2. The average molecular weight is 558 g/mol. The van der Waals surface area contributed by atoms with E-state index in [2.05, 4.69) is 68.4 Å². The third-order valence-electron chi connectivity index (χ3n) is 9.60. The maximum absolute atomic E-state index is 14.3. The van der Waals surface area contributed by atoms with Crippen molar-refractivity contribution in [2.45, 2.75) is 131 Å². The van der Waals surface area contributed by atoms with Crippen molar-refractivity contribution in [1.82, 2.24) is 14.7 Å². The zero-order chi connectivity index (χ0) is 28.9. The molecule has 2 heterocycles. The van der Waals surface area contributed by atoms with Gasteiger partial charge in [0.1, 0.15) is 0 Å². The predicted octanol–water partition coefficient (Wildman–Crippen LogP) is 7.33. The van der Waals surface area contributed by atoms with Crippen LogP contribution in [0, 0.1) is 16.7 Å². The first-order chi connectivity index (χ1) is 18.0. The molecule has 39 heavy (non-hydrogen) atoms. The highest BCUT2D eigenvalue weighted by molar-refractivity contribution is 6.30. The smallest absolute Gasteiger partial charge is 0.228 e. The minimum atomic E-state index is -0.439. The van der Waals surface area contributed by atoms with Gasteiger partial charge in [-0.3, -0.25) is 14.5 Å². The molecule has 1 unspecified atom stereocenters. The van der Waals surface area contributed by atoms with Crippen molar-refractivity contribution in [3.05, 3.63) is 34.9 Å². The van der Waals surface area contributed by atoms with E-state index in [4.69, 9.17) is 11.6 Å². The van der Waals surface area contributed by atoms with Gasteiger partial charge in [-0.05, 0) is 89.3 Å². The van der Waals surface area contributed by atoms with E-state index >= 15 is 0 Å². The Morgan fingerprint density at radius 3 is 2.08 bits per heavy atom. The van der Waals surface area contributed by atoms with Crippen LogP contribution in [-0.4, -0.2) is 63.3 Å². The van der Waals surface area contributed by atoms with Gasteiger partial charge in [0.05, 0.1) is 12.0 Å². The van der Waals surface area contributed by atoms with Crippen LogP contribution in [0.25, 0.3) is 0 Å². The Kier molecular flexibility index (Phi) is 8.57. The van der Waals surface area contributed by atoms with Crippen LogP contribution in [0.3, 0.4) is 0 Å². The van der Waals surface area contributed by atoms with Crippen LogP contribution in [0.1, 0.15) is 112 Å². The minimum absolute atomic E-state index is 0.0221. The summed E-state index contributed by atoms with van der Waals surface area (Å²) in [6, 6.07) is 8.53. The van der Waals surface area contributed by atoms with E-state index in [1.54, 1.807) is 0 Å². The molecule has 1 saturated carbocycles. The van der Waals surface area contributed by atoms with Crippen LogP contribution in [0.5, 0.6) is 0 Å². The largest absolute Gasteiger partial charge is 0.338 e. The van der Waals surface area contributed by atoms with Gasteiger partial charge in [0.2, 0.25) is 11.8 Å². The molecule has 0 spiro atoms. The van der Waals surface area contributed by atoms with Crippen molar-refractivity contribution in [2.24, 2.45) is 16.7 Å². The maximum atomic E-state index is 14.3. The summed E-state index contributed by atoms with van der Waals surface area (Å²) >= 11 is 6.23. The van der Waals surface area contributed by atoms with Gasteiger partial charge in [-0.1, -0.05) is 58.4 Å². The second-order valence-electron chi connectivity index (χ2n) is 15.3. The zero-order valence-electron chi connectivity index (χ0n) is 25.9. The van der Waals surface area contributed by atoms with Crippen LogP contribution in [0.2, 0.25) is 5.02 Å². The molecule has 2 saturated heterocycles. The molecule has 3 fully saturated rings. The van der Waals surface area contributed by atoms with Gasteiger partial charge in [0, 0.05) is 47.2 Å². The summed E-state index contributed by atoms with van der Waals surface area (Å²) < 4.78 is 0. The summed E-state index contributed by atoms with van der Waals surface area (Å²) in [7, 11) is 0. The first-order valence-corrected chi connectivity index (χ1v) is 15.5. The van der Waals surface area contributed by atoms with Crippen molar-refractivity contribution in [1.29, 1.82) is 0 Å². The number of nitrogens with zero attached hydrogens (tertiary/aromatic N) is 3. The average Bonchev–Trinajstić information content (AvgIpc) is 3.44. The normalized spacial score (nSPS) is 28.6. The fourth-order valence-corrected chi connectivity index (χ4v) is 7.41. The number of likely N-dealkylation sites (tertiary alicyclic amines) is 2. The van der Waals surface area contributed by atoms with Crippen LogP contribution < -0.4 is 0 Å². The van der Waals surface area contributed by atoms with Crippen LogP contribution in [0.15, 0.2) is 24.3 Å². The molecule has 0 bridgehead atoms. The molecule has 0 radical (unpaired) electrons. The van der Waals surface area contributed by atoms with Crippen molar-refractivity contribution in [3.63, 3.8) is 0 Å². The Balaban J connectivity index is 1.58. The molecule has 4 rings (SSSR count). The van der Waals surface area contributed by atoms with Gasteiger partial charge in [-0.15, -0.1) is 0 Å². The molecule has 2 amide bonds. The quantitative estimate of drug-likeness (QED) is 0.389. The number of hydrogen-bond acceptors (Lipinski definition) is 3. The van der Waals surface area contributed by atoms with E-state index in [1.807, 2.05) is 32.9 Å². The summed E-state index contributed by atoms with van der Waals surface area (Å²) in [4.78, 5) is 35.0. The van der Waals surface area contributed by atoms with Crippen molar-refractivity contribution in [2.75, 3.05) is 13.1 Å². The first kappa shape index (κ1) is 30.4. The number of amides is 2. The summed E-state index contributed by atoms with van der Waals surface area (Å²) in [5, 5.41) is 0.715. The lowest BCUT2D eigenvalue weighted by Crippen LogP contribution is -2.54. The molecule has 2 aliphatic heterocycles. The minimum Gasteiger partial charge on any atom is -0.338 e. The number of halogens is 1. The van der Waals surface area contributed by atoms with E-state index in [0.717, 1.165) is 50.6 Å². The molecule has 1 aromatic carbocycles. The van der Waals surface area contributed by atoms with E-state index in [0.29, 0.717) is 17.0 Å². The van der Waals surface area contributed by atoms with Crippen LogP contribution >= 0.6 is 11.6 Å². The van der Waals surface area contributed by atoms with Crippen LogP contribution in [0.4, 0.5) is 0 Å². The van der Waals surface area contributed by atoms with Crippen molar-refractivity contribution < 1.29 is 9.59 Å². The van der Waals surface area contributed by atoms with Gasteiger partial charge in [0.15, 0.2) is 0 Å². The van der Waals surface area contributed by atoms with E-state index in [1.165, 1.54) is 0 Å². The molecule has 218 valence electrons. The van der Waals surface area contributed by atoms with Gasteiger partial charge in [-0.25, -0.2) is 0 Å². The van der Waals surface area contributed by atoms with E-state index in [9.17, 15) is 9.59 Å². The number of carbonyl (C=O) groups excluding carboxylic acids is 2. The monoisotopic (exact) mass is 557 g/mol. The fourth-order valence-electron chi connectivity index (χ4n) is 7.28. The molecule has 0 N–H and O–H groups in total. The predicted molar refractivity (Wildman–Crippen MR) is 161 cm³/mol. The Hall–Kier alpha value is -1.59. The third kappa shape index (κ3) is 6.50. The van der Waals surface area contributed by atoms with Gasteiger partial charge >= 0.3 is 0 Å². The summed E-state index contributed by atoms with van der Waals surface area (Å²) in [5.41, 5.74) is 1.01. The summed E-state index contributed by atoms with van der Waals surface area (Å²) in [6.07, 6.45) is 6.09. The Morgan fingerprint density at radius 1 is 0.949 bits per heavy atom. The summed E-state index contributed by atoms with van der Waals surface area (Å²) in [5.74, 6) is 0.371. The molecule has 0 aromatic heterocycles. The first-order valence-electron chi connectivity index (χ1n) is 15.1. The second-order valence-corrected chi connectivity index (χ2v) is 15.8. The lowest BCUT2D eigenvalue weighted by atomic mass is 9.74. The Bertz CT molecular complexity index is 1030. The van der Waals surface area contributed by atoms with Crippen LogP contribution in [-0.2, 0) is 9.59 Å². The van der Waals surface area contributed by atoms with Gasteiger partial charge < -0.3 is 9.80 Å². The molecule has 3 aliphatic rings. The number of hydrogen-bond donors (Lipinski definition) is 0. The SMILES string of the molecule is C[C@H]1C[C@H](N(C(=O)C(C)(C)C)C2CCC(C)(C)CC2)CN1C(=O)[C@H]1CCN(C(C)(C)C)C1c1ccc(Cl)cc1. The second kappa shape index (κ2) is 11.0. The molecular formula is C33H52ClN3O2.